The van der Waals surface area contributed by atoms with E-state index in [2.05, 4.69) is 15.4 Å². The van der Waals surface area contributed by atoms with Gasteiger partial charge < -0.3 is 5.32 Å². The van der Waals surface area contributed by atoms with Gasteiger partial charge in [-0.2, -0.15) is 5.10 Å². The Hall–Kier alpha value is -1.52. The third-order valence-corrected chi connectivity index (χ3v) is 1.78. The number of rotatable bonds is 1. The van der Waals surface area contributed by atoms with Gasteiger partial charge >= 0.3 is 0 Å². The van der Waals surface area contributed by atoms with E-state index >= 15 is 0 Å². The second-order valence-electron chi connectivity index (χ2n) is 2.65. The summed E-state index contributed by atoms with van der Waals surface area (Å²) in [4.78, 5) is 4.34. The summed E-state index contributed by atoms with van der Waals surface area (Å²) in [7, 11) is 3.83. The van der Waals surface area contributed by atoms with E-state index < -0.39 is 0 Å². The molecule has 0 saturated carbocycles. The zero-order valence-corrected chi connectivity index (χ0v) is 7.07. The van der Waals surface area contributed by atoms with Crippen molar-refractivity contribution in [2.24, 2.45) is 0 Å². The van der Waals surface area contributed by atoms with Crippen LogP contribution in [-0.2, 0) is 0 Å². The van der Waals surface area contributed by atoms with Gasteiger partial charge in [-0.25, -0.2) is 9.50 Å². The molecule has 2 aromatic heterocycles. The minimum Gasteiger partial charge on any atom is -0.384 e. The van der Waals surface area contributed by atoms with Crippen LogP contribution in [-0.4, -0.2) is 29.5 Å². The van der Waals surface area contributed by atoms with E-state index in [1.165, 1.54) is 0 Å². The van der Waals surface area contributed by atoms with Crippen LogP contribution in [0.2, 0.25) is 0 Å². The van der Waals surface area contributed by atoms with E-state index in [1.54, 1.807) is 10.7 Å². The Labute approximate surface area is 71.0 Å². The molecule has 0 aliphatic rings. The Kier molecular flexibility index (Phi) is 1.50. The van der Waals surface area contributed by atoms with Crippen molar-refractivity contribution in [1.29, 1.82) is 0 Å². The summed E-state index contributed by atoms with van der Waals surface area (Å²) in [6.45, 7) is 0. The van der Waals surface area contributed by atoms with Gasteiger partial charge in [0.2, 0.25) is 0 Å². The van der Waals surface area contributed by atoms with Crippen molar-refractivity contribution in [3.63, 3.8) is 0 Å². The Balaban J connectivity index is 2.75. The maximum absolute atomic E-state index is 4.34. The zero-order valence-electron chi connectivity index (χ0n) is 7.07. The van der Waals surface area contributed by atoms with Crippen molar-refractivity contribution < 1.29 is 0 Å². The molecule has 0 bridgehead atoms. The van der Waals surface area contributed by atoms with Gasteiger partial charge in [0.05, 0.1) is 11.9 Å². The Morgan fingerprint density at radius 1 is 1.58 bits per heavy atom. The van der Waals surface area contributed by atoms with Crippen LogP contribution >= 0.6 is 0 Å². The fraction of sp³-hybridized carbons (Fsp3) is 0.143. The van der Waals surface area contributed by atoms with Crippen molar-refractivity contribution >= 4 is 24.8 Å². The normalized spacial score (nSPS) is 10.4. The first-order chi connectivity index (χ1) is 5.81. The number of hydrogen-bond donors (Lipinski definition) is 1. The fourth-order valence-electron chi connectivity index (χ4n) is 1.14. The highest BCUT2D eigenvalue weighted by atomic mass is 15.3. The molecule has 0 fully saturated rings. The summed E-state index contributed by atoms with van der Waals surface area (Å²) in [5.41, 5.74) is 2.83. The van der Waals surface area contributed by atoms with Crippen LogP contribution < -0.4 is 10.9 Å². The number of hydrogen-bond acceptors (Lipinski definition) is 3. The Bertz CT molecular complexity index is 409. The molecule has 0 aliphatic heterocycles. The van der Waals surface area contributed by atoms with Gasteiger partial charge in [-0.15, -0.1) is 0 Å². The van der Waals surface area contributed by atoms with Crippen LogP contribution in [0.3, 0.4) is 0 Å². The van der Waals surface area contributed by atoms with E-state index in [4.69, 9.17) is 0 Å². The summed E-state index contributed by atoms with van der Waals surface area (Å²) < 4.78 is 1.75. The van der Waals surface area contributed by atoms with Gasteiger partial charge in [-0.1, -0.05) is 0 Å². The summed E-state index contributed by atoms with van der Waals surface area (Å²) in [5.74, 6) is 0. The number of nitrogens with zero attached hydrogens (tertiary/aromatic N) is 3. The molecule has 0 amide bonds. The molecule has 0 aromatic carbocycles. The lowest BCUT2D eigenvalue weighted by atomic mass is 10.1. The summed E-state index contributed by atoms with van der Waals surface area (Å²) >= 11 is 0. The SMILES string of the molecule is Bc1ccn2ncc(NC)c2n1. The van der Waals surface area contributed by atoms with Gasteiger partial charge in [0, 0.05) is 13.2 Å². The standard InChI is InChI=1S/C7H9BN4/c1-9-5-4-10-12-3-2-6(8)11-7(5)12/h2-4,9H,8H2,1H3. The smallest absolute Gasteiger partial charge is 0.177 e. The number of fused-ring (bicyclic) bond motifs is 1. The summed E-state index contributed by atoms with van der Waals surface area (Å²) in [6.07, 6.45) is 3.67. The van der Waals surface area contributed by atoms with Gasteiger partial charge in [-0.05, 0) is 11.7 Å². The molecule has 0 aliphatic carbocycles. The van der Waals surface area contributed by atoms with E-state index in [-0.39, 0.29) is 0 Å². The van der Waals surface area contributed by atoms with Crippen LogP contribution in [0.1, 0.15) is 0 Å². The molecule has 0 radical (unpaired) electrons. The molecule has 0 spiro atoms. The summed E-state index contributed by atoms with van der Waals surface area (Å²) in [6, 6.07) is 1.93. The van der Waals surface area contributed by atoms with Crippen molar-refractivity contribution in [2.75, 3.05) is 12.4 Å². The van der Waals surface area contributed by atoms with Crippen LogP contribution in [0.4, 0.5) is 5.69 Å². The van der Waals surface area contributed by atoms with E-state index in [0.29, 0.717) is 0 Å². The average molecular weight is 160 g/mol. The minimum atomic E-state index is 0.873. The Morgan fingerprint density at radius 3 is 3.17 bits per heavy atom. The predicted molar refractivity (Wildman–Crippen MR) is 50.7 cm³/mol. The third kappa shape index (κ3) is 0.940. The lowest BCUT2D eigenvalue weighted by molar-refractivity contribution is 0.944. The molecule has 60 valence electrons. The maximum atomic E-state index is 4.34. The largest absolute Gasteiger partial charge is 0.384 e. The average Bonchev–Trinajstić information content (AvgIpc) is 2.46. The van der Waals surface area contributed by atoms with Gasteiger partial charge in [0.15, 0.2) is 13.5 Å². The number of nitrogens with one attached hydrogen (secondary N) is 1. The molecular weight excluding hydrogens is 151 g/mol. The highest BCUT2D eigenvalue weighted by Crippen LogP contribution is 2.10. The first-order valence-corrected chi connectivity index (χ1v) is 3.80. The number of anilines is 1. The highest BCUT2D eigenvalue weighted by molar-refractivity contribution is 6.30. The molecule has 5 heteroatoms. The van der Waals surface area contributed by atoms with Crippen molar-refractivity contribution in [3.05, 3.63) is 18.5 Å². The molecule has 0 atom stereocenters. The highest BCUT2D eigenvalue weighted by Gasteiger charge is 2.01. The molecule has 1 N–H and O–H groups in total. The molecule has 2 rings (SSSR count). The lowest BCUT2D eigenvalue weighted by Gasteiger charge is -1.96. The fourth-order valence-corrected chi connectivity index (χ4v) is 1.14. The van der Waals surface area contributed by atoms with Gasteiger partial charge in [0.1, 0.15) is 0 Å². The maximum Gasteiger partial charge on any atom is 0.177 e. The number of aromatic nitrogens is 3. The molecule has 0 saturated heterocycles. The van der Waals surface area contributed by atoms with Crippen LogP contribution in [0.15, 0.2) is 18.5 Å². The van der Waals surface area contributed by atoms with Crippen LogP contribution in [0, 0.1) is 0 Å². The lowest BCUT2D eigenvalue weighted by Crippen LogP contribution is -2.09. The van der Waals surface area contributed by atoms with Gasteiger partial charge in [0.25, 0.3) is 0 Å². The molecule has 0 unspecified atom stereocenters. The van der Waals surface area contributed by atoms with E-state index in [9.17, 15) is 0 Å². The molecule has 12 heavy (non-hydrogen) atoms. The summed E-state index contributed by atoms with van der Waals surface area (Å²) in [5, 5.41) is 7.15. The molecule has 4 nitrogen and oxygen atoms in total. The van der Waals surface area contributed by atoms with Crippen molar-refractivity contribution in [2.45, 2.75) is 0 Å². The van der Waals surface area contributed by atoms with Gasteiger partial charge in [-0.3, -0.25) is 0 Å². The topological polar surface area (TPSA) is 42.2 Å². The zero-order chi connectivity index (χ0) is 8.55. The predicted octanol–water partition coefficient (Wildman–Crippen LogP) is -0.971. The van der Waals surface area contributed by atoms with Crippen molar-refractivity contribution in [1.82, 2.24) is 14.6 Å². The van der Waals surface area contributed by atoms with Crippen molar-refractivity contribution in [3.8, 4) is 0 Å². The second-order valence-corrected chi connectivity index (χ2v) is 2.65. The molecular formula is C7H9BN4. The third-order valence-electron chi connectivity index (χ3n) is 1.78. The first-order valence-electron chi connectivity index (χ1n) is 3.80. The molecule has 2 aromatic rings. The minimum absolute atomic E-state index is 0.873. The Morgan fingerprint density at radius 2 is 2.42 bits per heavy atom. The first kappa shape index (κ1) is 7.15. The van der Waals surface area contributed by atoms with Crippen LogP contribution in [0.25, 0.3) is 5.65 Å². The molecule has 2 heterocycles. The quantitative estimate of drug-likeness (QED) is 0.545. The monoisotopic (exact) mass is 160 g/mol. The van der Waals surface area contributed by atoms with E-state index in [0.717, 1.165) is 16.9 Å². The second kappa shape index (κ2) is 2.51. The van der Waals surface area contributed by atoms with E-state index in [1.807, 2.05) is 27.2 Å². The van der Waals surface area contributed by atoms with Crippen LogP contribution in [0.5, 0.6) is 0 Å².